The van der Waals surface area contributed by atoms with Crippen molar-refractivity contribution in [1.82, 2.24) is 9.88 Å². The lowest BCUT2D eigenvalue weighted by Crippen LogP contribution is -2.25. The van der Waals surface area contributed by atoms with Gasteiger partial charge in [0.25, 0.3) is 5.91 Å². The molecule has 0 bridgehead atoms. The largest absolute Gasteiger partial charge is 0.492 e. The molecule has 0 unspecified atom stereocenters. The molecule has 1 aromatic heterocycles. The predicted molar refractivity (Wildman–Crippen MR) is 135 cm³/mol. The number of carbonyl (C=O) groups is 1. The summed E-state index contributed by atoms with van der Waals surface area (Å²) in [6, 6.07) is 20.0. The number of pyridine rings is 1. The first-order chi connectivity index (χ1) is 16.6. The zero-order valence-electron chi connectivity index (χ0n) is 19.3. The van der Waals surface area contributed by atoms with E-state index in [0.717, 1.165) is 30.8 Å². The first-order valence-corrected chi connectivity index (χ1v) is 12.0. The highest BCUT2D eigenvalue weighted by molar-refractivity contribution is 5.99. The van der Waals surface area contributed by atoms with E-state index < -0.39 is 5.91 Å². The second-order valence-electron chi connectivity index (χ2n) is 9.10. The summed E-state index contributed by atoms with van der Waals surface area (Å²) in [4.78, 5) is 18.9. The Hall–Kier alpha value is -3.58. The third-order valence-electron chi connectivity index (χ3n) is 6.62. The number of anilines is 3. The Morgan fingerprint density at radius 1 is 1.06 bits per heavy atom. The fourth-order valence-corrected chi connectivity index (χ4v) is 4.53. The van der Waals surface area contributed by atoms with Gasteiger partial charge in [-0.25, -0.2) is 4.98 Å². The highest BCUT2D eigenvalue weighted by atomic mass is 16.5. The average molecular weight is 458 g/mol. The van der Waals surface area contributed by atoms with E-state index in [9.17, 15) is 4.79 Å². The van der Waals surface area contributed by atoms with E-state index in [-0.39, 0.29) is 5.54 Å². The number of nitrogens with zero attached hydrogens (tertiary/aromatic N) is 2. The molecular weight excluding hydrogens is 426 g/mol. The van der Waals surface area contributed by atoms with Crippen LogP contribution in [-0.2, 0) is 5.54 Å². The number of rotatable bonds is 10. The van der Waals surface area contributed by atoms with Gasteiger partial charge in [-0.05, 0) is 68.6 Å². The number of ether oxygens (including phenoxy) is 1. The number of benzene rings is 2. The second-order valence-corrected chi connectivity index (χ2v) is 9.10. The molecule has 1 saturated heterocycles. The molecule has 7 heteroatoms. The molecular formula is C27H31N5O2. The van der Waals surface area contributed by atoms with Crippen molar-refractivity contribution in [3.05, 3.63) is 78.0 Å². The lowest BCUT2D eigenvalue weighted by atomic mass is 10.0. The Labute approximate surface area is 200 Å². The molecule has 1 aliphatic heterocycles. The monoisotopic (exact) mass is 457 g/mol. The maximum atomic E-state index is 12.0. The zero-order valence-corrected chi connectivity index (χ0v) is 19.3. The number of hydrogen-bond donors (Lipinski definition) is 3. The summed E-state index contributed by atoms with van der Waals surface area (Å²) >= 11 is 0. The molecule has 1 amide bonds. The molecule has 2 heterocycles. The molecule has 2 fully saturated rings. The quantitative estimate of drug-likeness (QED) is 0.415. The van der Waals surface area contributed by atoms with Crippen LogP contribution in [-0.4, -0.2) is 42.0 Å². The number of amides is 1. The highest BCUT2D eigenvalue weighted by Gasteiger charge is 2.44. The molecule has 2 aromatic carbocycles. The normalized spacial score (nSPS) is 16.7. The van der Waals surface area contributed by atoms with Gasteiger partial charge in [0.15, 0.2) is 0 Å². The van der Waals surface area contributed by atoms with E-state index in [1.54, 1.807) is 0 Å². The standard InChI is InChI=1S/C27H31N5O2/c28-26(33)23-19-29-25(18-24(23)31-27(12-13-27)20-6-2-1-3-7-20)30-21-8-10-22(11-9-21)34-17-16-32-14-4-5-15-32/h1-3,6-11,18-19H,4-5,12-17H2,(H2,28,33)(H2,29,30,31). The third kappa shape index (κ3) is 5.15. The van der Waals surface area contributed by atoms with E-state index in [4.69, 9.17) is 10.5 Å². The van der Waals surface area contributed by atoms with Gasteiger partial charge in [0.2, 0.25) is 0 Å². The van der Waals surface area contributed by atoms with Crippen LogP contribution in [0.3, 0.4) is 0 Å². The van der Waals surface area contributed by atoms with Gasteiger partial charge in [-0.3, -0.25) is 9.69 Å². The van der Waals surface area contributed by atoms with Crippen LogP contribution in [0.5, 0.6) is 5.75 Å². The number of nitrogens with one attached hydrogen (secondary N) is 2. The van der Waals surface area contributed by atoms with Gasteiger partial charge in [0.05, 0.1) is 16.8 Å². The van der Waals surface area contributed by atoms with E-state index in [0.29, 0.717) is 23.7 Å². The second kappa shape index (κ2) is 9.73. The van der Waals surface area contributed by atoms with Crippen molar-refractivity contribution in [3.63, 3.8) is 0 Å². The Morgan fingerprint density at radius 3 is 2.47 bits per heavy atom. The molecule has 34 heavy (non-hydrogen) atoms. The van der Waals surface area contributed by atoms with Crippen LogP contribution in [0.4, 0.5) is 17.2 Å². The van der Waals surface area contributed by atoms with Crippen molar-refractivity contribution >= 4 is 23.1 Å². The fourth-order valence-electron chi connectivity index (χ4n) is 4.53. The summed E-state index contributed by atoms with van der Waals surface area (Å²) in [6.07, 6.45) is 6.11. The minimum atomic E-state index is -0.499. The lowest BCUT2D eigenvalue weighted by Gasteiger charge is -2.21. The van der Waals surface area contributed by atoms with Crippen molar-refractivity contribution in [3.8, 4) is 5.75 Å². The summed E-state index contributed by atoms with van der Waals surface area (Å²) in [7, 11) is 0. The van der Waals surface area contributed by atoms with Gasteiger partial charge >= 0.3 is 0 Å². The average Bonchev–Trinajstić information content (AvgIpc) is 3.44. The summed E-state index contributed by atoms with van der Waals surface area (Å²) in [5, 5.41) is 6.89. The Morgan fingerprint density at radius 2 is 1.79 bits per heavy atom. The van der Waals surface area contributed by atoms with Crippen LogP contribution in [0.2, 0.25) is 0 Å². The van der Waals surface area contributed by atoms with Crippen molar-refractivity contribution in [2.75, 3.05) is 36.9 Å². The van der Waals surface area contributed by atoms with Crippen LogP contribution in [0.1, 0.15) is 41.6 Å². The van der Waals surface area contributed by atoms with Crippen molar-refractivity contribution in [2.24, 2.45) is 5.73 Å². The molecule has 0 atom stereocenters. The van der Waals surface area contributed by atoms with E-state index in [1.807, 2.05) is 48.5 Å². The maximum Gasteiger partial charge on any atom is 0.252 e. The predicted octanol–water partition coefficient (Wildman–Crippen LogP) is 4.50. The van der Waals surface area contributed by atoms with Gasteiger partial charge in [-0.1, -0.05) is 30.3 Å². The smallest absolute Gasteiger partial charge is 0.252 e. The zero-order chi connectivity index (χ0) is 23.4. The number of likely N-dealkylation sites (tertiary alicyclic amines) is 1. The van der Waals surface area contributed by atoms with Crippen LogP contribution in [0.25, 0.3) is 0 Å². The highest BCUT2D eigenvalue weighted by Crippen LogP contribution is 2.48. The van der Waals surface area contributed by atoms with Crippen molar-refractivity contribution in [2.45, 2.75) is 31.2 Å². The number of nitrogens with two attached hydrogens (primary N) is 1. The van der Waals surface area contributed by atoms with Gasteiger partial charge in [0.1, 0.15) is 18.2 Å². The van der Waals surface area contributed by atoms with Gasteiger partial charge < -0.3 is 21.1 Å². The molecule has 176 valence electrons. The lowest BCUT2D eigenvalue weighted by molar-refractivity contribution is 0.100. The van der Waals surface area contributed by atoms with E-state index >= 15 is 0 Å². The van der Waals surface area contributed by atoms with Crippen LogP contribution in [0.15, 0.2) is 66.9 Å². The summed E-state index contributed by atoms with van der Waals surface area (Å²) < 4.78 is 5.89. The first kappa shape index (κ1) is 22.2. The summed E-state index contributed by atoms with van der Waals surface area (Å²) in [5.41, 5.74) is 8.63. The maximum absolute atomic E-state index is 12.0. The number of aromatic nitrogens is 1. The molecule has 1 saturated carbocycles. The molecule has 2 aliphatic rings. The summed E-state index contributed by atoms with van der Waals surface area (Å²) in [5.74, 6) is 0.989. The minimum absolute atomic E-state index is 0.169. The Bertz CT molecular complexity index is 1120. The topological polar surface area (TPSA) is 92.5 Å². The van der Waals surface area contributed by atoms with E-state index in [2.05, 4.69) is 32.7 Å². The van der Waals surface area contributed by atoms with Crippen LogP contribution >= 0.6 is 0 Å². The third-order valence-corrected chi connectivity index (χ3v) is 6.62. The molecule has 4 N–H and O–H groups in total. The van der Waals surface area contributed by atoms with Crippen LogP contribution in [0, 0.1) is 0 Å². The molecule has 0 radical (unpaired) electrons. The SMILES string of the molecule is NC(=O)c1cnc(Nc2ccc(OCCN3CCCC3)cc2)cc1NC1(c2ccccc2)CC1. The van der Waals surface area contributed by atoms with Crippen molar-refractivity contribution < 1.29 is 9.53 Å². The number of primary amides is 1. The van der Waals surface area contributed by atoms with Gasteiger partial charge in [-0.15, -0.1) is 0 Å². The molecule has 3 aromatic rings. The Kier molecular flexibility index (Phi) is 6.36. The molecule has 0 spiro atoms. The molecule has 1 aliphatic carbocycles. The minimum Gasteiger partial charge on any atom is -0.492 e. The van der Waals surface area contributed by atoms with Gasteiger partial charge in [-0.2, -0.15) is 0 Å². The van der Waals surface area contributed by atoms with Crippen molar-refractivity contribution in [1.29, 1.82) is 0 Å². The number of hydrogen-bond acceptors (Lipinski definition) is 6. The van der Waals surface area contributed by atoms with E-state index in [1.165, 1.54) is 37.7 Å². The fraction of sp³-hybridized carbons (Fsp3) is 0.333. The summed E-state index contributed by atoms with van der Waals surface area (Å²) in [6.45, 7) is 4.02. The first-order valence-electron chi connectivity index (χ1n) is 12.0. The number of carbonyl (C=O) groups excluding carboxylic acids is 1. The molecule has 7 nitrogen and oxygen atoms in total. The Balaban J connectivity index is 1.25. The van der Waals surface area contributed by atoms with Gasteiger partial charge in [0, 0.05) is 24.5 Å². The van der Waals surface area contributed by atoms with Crippen LogP contribution < -0.4 is 21.1 Å². The molecule has 5 rings (SSSR count).